The van der Waals surface area contributed by atoms with E-state index in [-0.39, 0.29) is 16.9 Å². The summed E-state index contributed by atoms with van der Waals surface area (Å²) in [5, 5.41) is 3.84. The van der Waals surface area contributed by atoms with E-state index in [1.807, 2.05) is 6.07 Å². The summed E-state index contributed by atoms with van der Waals surface area (Å²) in [5.74, 6) is -0.350. The minimum atomic E-state index is -0.350. The van der Waals surface area contributed by atoms with Gasteiger partial charge in [0.25, 0.3) is 0 Å². The topological polar surface area (TPSA) is 12.0 Å². The van der Waals surface area contributed by atoms with Crippen LogP contribution in [0, 0.1) is 11.2 Å². The molecule has 0 amide bonds. The van der Waals surface area contributed by atoms with Gasteiger partial charge in [-0.1, -0.05) is 31.5 Å². The highest BCUT2D eigenvalue weighted by Crippen LogP contribution is 2.35. The Hall–Kier alpha value is -0.600. The molecule has 1 atom stereocenters. The Morgan fingerprint density at radius 1 is 1.32 bits per heavy atom. The Morgan fingerprint density at radius 2 is 1.95 bits per heavy atom. The highest BCUT2D eigenvalue weighted by Gasteiger charge is 2.27. The van der Waals surface area contributed by atoms with Gasteiger partial charge in [0.15, 0.2) is 0 Å². The van der Waals surface area contributed by atoms with Crippen molar-refractivity contribution in [3.63, 3.8) is 0 Å². The second-order valence-electron chi connectivity index (χ2n) is 6.50. The van der Waals surface area contributed by atoms with E-state index in [1.165, 1.54) is 31.7 Å². The lowest BCUT2D eigenvalue weighted by molar-refractivity contribution is 0.200. The van der Waals surface area contributed by atoms with E-state index < -0.39 is 0 Å². The molecule has 3 heteroatoms. The van der Waals surface area contributed by atoms with Gasteiger partial charge in [0, 0.05) is 12.1 Å². The van der Waals surface area contributed by atoms with E-state index in [4.69, 9.17) is 11.6 Å². The molecule has 0 bridgehead atoms. The van der Waals surface area contributed by atoms with Crippen molar-refractivity contribution in [3.8, 4) is 0 Å². The van der Waals surface area contributed by atoms with Crippen molar-refractivity contribution in [1.29, 1.82) is 0 Å². The third-order valence-corrected chi connectivity index (χ3v) is 4.56. The molecule has 19 heavy (non-hydrogen) atoms. The predicted molar refractivity (Wildman–Crippen MR) is 79.0 cm³/mol. The zero-order valence-corrected chi connectivity index (χ0v) is 12.7. The van der Waals surface area contributed by atoms with E-state index in [0.29, 0.717) is 11.5 Å². The molecule has 1 aromatic carbocycles. The largest absolute Gasteiger partial charge is 0.307 e. The molecule has 0 aromatic heterocycles. The fourth-order valence-corrected chi connectivity index (χ4v) is 2.99. The first-order valence-corrected chi connectivity index (χ1v) is 7.46. The first-order valence-electron chi connectivity index (χ1n) is 7.08. The first-order chi connectivity index (χ1) is 8.87. The van der Waals surface area contributed by atoms with Gasteiger partial charge in [-0.15, -0.1) is 0 Å². The van der Waals surface area contributed by atoms with Crippen LogP contribution in [0.2, 0.25) is 5.02 Å². The van der Waals surface area contributed by atoms with Crippen molar-refractivity contribution in [2.24, 2.45) is 5.41 Å². The Kier molecular flexibility index (Phi) is 4.52. The fraction of sp³-hybridized carbons (Fsp3) is 0.625. The van der Waals surface area contributed by atoms with Crippen LogP contribution in [0.4, 0.5) is 4.39 Å². The average Bonchev–Trinajstić information content (AvgIpc) is 2.35. The second-order valence-corrected chi connectivity index (χ2v) is 6.91. The van der Waals surface area contributed by atoms with Crippen LogP contribution in [0.15, 0.2) is 18.2 Å². The molecule has 0 heterocycles. The van der Waals surface area contributed by atoms with Gasteiger partial charge < -0.3 is 5.32 Å². The summed E-state index contributed by atoms with van der Waals surface area (Å²) >= 11 is 5.84. The number of halogens is 2. The van der Waals surface area contributed by atoms with Crippen LogP contribution in [0.5, 0.6) is 0 Å². The molecule has 1 fully saturated rings. The minimum absolute atomic E-state index is 0.205. The molecule has 0 radical (unpaired) electrons. The van der Waals surface area contributed by atoms with Crippen LogP contribution >= 0.6 is 11.6 Å². The van der Waals surface area contributed by atoms with Gasteiger partial charge in [0.1, 0.15) is 5.82 Å². The maximum atomic E-state index is 13.2. The van der Waals surface area contributed by atoms with E-state index in [9.17, 15) is 4.39 Å². The number of nitrogens with one attached hydrogen (secondary N) is 1. The third kappa shape index (κ3) is 3.93. The van der Waals surface area contributed by atoms with E-state index in [2.05, 4.69) is 26.1 Å². The van der Waals surface area contributed by atoms with Gasteiger partial charge in [-0.25, -0.2) is 4.39 Å². The number of hydrogen-bond acceptors (Lipinski definition) is 1. The summed E-state index contributed by atoms with van der Waals surface area (Å²) in [6.45, 7) is 6.79. The van der Waals surface area contributed by atoms with Crippen LogP contribution in [-0.4, -0.2) is 6.04 Å². The van der Waals surface area contributed by atoms with Crippen LogP contribution in [-0.2, 0) is 0 Å². The molecule has 1 N–H and O–H groups in total. The monoisotopic (exact) mass is 283 g/mol. The van der Waals surface area contributed by atoms with E-state index in [0.717, 1.165) is 5.56 Å². The Bertz CT molecular complexity index is 434. The van der Waals surface area contributed by atoms with Crippen LogP contribution in [0.1, 0.15) is 58.1 Å². The lowest BCUT2D eigenvalue weighted by atomic mass is 9.75. The van der Waals surface area contributed by atoms with Gasteiger partial charge >= 0.3 is 0 Å². The Labute approximate surface area is 120 Å². The molecule has 0 aliphatic heterocycles. The van der Waals surface area contributed by atoms with Gasteiger partial charge in [-0.2, -0.15) is 0 Å². The molecule has 1 aliphatic carbocycles. The van der Waals surface area contributed by atoms with Crippen molar-refractivity contribution >= 4 is 11.6 Å². The maximum absolute atomic E-state index is 13.2. The molecule has 106 valence electrons. The molecule has 1 saturated carbocycles. The lowest BCUT2D eigenvalue weighted by Gasteiger charge is -2.36. The normalized spacial score (nSPS) is 21.3. The van der Waals surface area contributed by atoms with E-state index in [1.54, 1.807) is 6.07 Å². The second kappa shape index (κ2) is 5.80. The number of hydrogen-bond donors (Lipinski definition) is 1. The molecule has 1 unspecified atom stereocenters. The Morgan fingerprint density at radius 3 is 2.53 bits per heavy atom. The quantitative estimate of drug-likeness (QED) is 0.814. The first kappa shape index (κ1) is 14.8. The predicted octanol–water partition coefficient (Wildman–Crippen LogP) is 5.10. The number of rotatable bonds is 3. The van der Waals surface area contributed by atoms with Crippen molar-refractivity contribution in [2.45, 2.75) is 58.5 Å². The van der Waals surface area contributed by atoms with E-state index >= 15 is 0 Å². The number of benzene rings is 1. The lowest BCUT2D eigenvalue weighted by Crippen LogP contribution is -2.37. The van der Waals surface area contributed by atoms with Crippen LogP contribution in [0.3, 0.4) is 0 Å². The van der Waals surface area contributed by atoms with Gasteiger partial charge in [0.05, 0.1) is 5.02 Å². The van der Waals surface area contributed by atoms with Gasteiger partial charge in [0.2, 0.25) is 0 Å². The molecule has 0 spiro atoms. The summed E-state index contributed by atoms with van der Waals surface area (Å²) in [4.78, 5) is 0. The molecular weight excluding hydrogens is 261 g/mol. The molecule has 2 rings (SSSR count). The molecule has 1 aromatic rings. The maximum Gasteiger partial charge on any atom is 0.141 e. The highest BCUT2D eigenvalue weighted by molar-refractivity contribution is 6.30. The SMILES string of the molecule is CC(NC1CCC(C)(C)CC1)c1ccc(F)c(Cl)c1. The fourth-order valence-electron chi connectivity index (χ4n) is 2.80. The summed E-state index contributed by atoms with van der Waals surface area (Å²) in [7, 11) is 0. The minimum Gasteiger partial charge on any atom is -0.307 e. The molecule has 0 saturated heterocycles. The van der Waals surface area contributed by atoms with Crippen molar-refractivity contribution in [1.82, 2.24) is 5.32 Å². The molecule has 1 nitrogen and oxygen atoms in total. The molecular formula is C16H23ClFN. The van der Waals surface area contributed by atoms with Crippen molar-refractivity contribution in [2.75, 3.05) is 0 Å². The average molecular weight is 284 g/mol. The van der Waals surface area contributed by atoms with Crippen molar-refractivity contribution in [3.05, 3.63) is 34.6 Å². The smallest absolute Gasteiger partial charge is 0.141 e. The highest BCUT2D eigenvalue weighted by atomic mass is 35.5. The summed E-state index contributed by atoms with van der Waals surface area (Å²) in [6, 6.07) is 5.75. The Balaban J connectivity index is 1.94. The zero-order chi connectivity index (χ0) is 14.0. The van der Waals surface area contributed by atoms with Gasteiger partial charge in [-0.05, 0) is 55.7 Å². The van der Waals surface area contributed by atoms with Crippen LogP contribution in [0.25, 0.3) is 0 Å². The van der Waals surface area contributed by atoms with Crippen molar-refractivity contribution < 1.29 is 4.39 Å². The zero-order valence-electron chi connectivity index (χ0n) is 12.0. The summed E-state index contributed by atoms with van der Waals surface area (Å²) in [5.41, 5.74) is 1.54. The summed E-state index contributed by atoms with van der Waals surface area (Å²) in [6.07, 6.45) is 4.96. The van der Waals surface area contributed by atoms with Gasteiger partial charge in [-0.3, -0.25) is 0 Å². The summed E-state index contributed by atoms with van der Waals surface area (Å²) < 4.78 is 13.2. The van der Waals surface area contributed by atoms with Crippen LogP contribution < -0.4 is 5.32 Å². The third-order valence-electron chi connectivity index (χ3n) is 4.27. The standard InChI is InChI=1S/C16H23ClFN/c1-11(12-4-5-15(18)14(17)10-12)19-13-6-8-16(2,3)9-7-13/h4-5,10-11,13,19H,6-9H2,1-3H3. The molecule has 1 aliphatic rings.